The summed E-state index contributed by atoms with van der Waals surface area (Å²) in [5.74, 6) is 0.613. The van der Waals surface area contributed by atoms with Gasteiger partial charge >= 0.3 is 0 Å². The van der Waals surface area contributed by atoms with Gasteiger partial charge in [0.25, 0.3) is 0 Å². The maximum Gasteiger partial charge on any atom is 0.225 e. The summed E-state index contributed by atoms with van der Waals surface area (Å²) in [6.07, 6.45) is 1.98. The predicted molar refractivity (Wildman–Crippen MR) is 89.6 cm³/mol. The van der Waals surface area contributed by atoms with Crippen molar-refractivity contribution in [2.45, 2.75) is 25.8 Å². The minimum absolute atomic E-state index is 0. The van der Waals surface area contributed by atoms with Gasteiger partial charge in [0.1, 0.15) is 0 Å². The minimum Gasteiger partial charge on any atom is -0.383 e. The van der Waals surface area contributed by atoms with Crippen molar-refractivity contribution in [3.8, 4) is 0 Å². The maximum atomic E-state index is 12.5. The number of rotatable bonds is 4. The highest BCUT2D eigenvalue weighted by atomic mass is 35.5. The van der Waals surface area contributed by atoms with Gasteiger partial charge in [0, 0.05) is 51.8 Å². The molecule has 0 aromatic rings. The largest absolute Gasteiger partial charge is 0.383 e. The van der Waals surface area contributed by atoms with Crippen molar-refractivity contribution >= 4 is 30.7 Å². The third-order valence-electron chi connectivity index (χ3n) is 4.27. The Kier molecular flexibility index (Phi) is 10.6. The number of nitrogens with zero attached hydrogens (tertiary/aromatic N) is 2. The number of methoxy groups -OCH3 is 1. The van der Waals surface area contributed by atoms with E-state index in [1.807, 2.05) is 0 Å². The van der Waals surface area contributed by atoms with E-state index in [1.54, 1.807) is 7.11 Å². The van der Waals surface area contributed by atoms with Gasteiger partial charge in [-0.3, -0.25) is 9.69 Å². The average Bonchev–Trinajstić information content (AvgIpc) is 2.45. The second-order valence-corrected chi connectivity index (χ2v) is 5.74. The van der Waals surface area contributed by atoms with Gasteiger partial charge in [-0.15, -0.1) is 24.8 Å². The molecule has 5 nitrogen and oxygen atoms in total. The molecular weight excluding hydrogens is 313 g/mol. The molecule has 2 atom stereocenters. The van der Waals surface area contributed by atoms with E-state index in [9.17, 15) is 4.79 Å². The van der Waals surface area contributed by atoms with E-state index in [2.05, 4.69) is 22.0 Å². The second-order valence-electron chi connectivity index (χ2n) is 5.74. The number of amides is 1. The van der Waals surface area contributed by atoms with Crippen molar-refractivity contribution in [3.63, 3.8) is 0 Å². The molecule has 1 N–H and O–H groups in total. The smallest absolute Gasteiger partial charge is 0.225 e. The van der Waals surface area contributed by atoms with Gasteiger partial charge in [-0.05, 0) is 26.3 Å². The number of piperazine rings is 1. The predicted octanol–water partition coefficient (Wildman–Crippen LogP) is 1.01. The van der Waals surface area contributed by atoms with E-state index in [0.29, 0.717) is 11.9 Å². The van der Waals surface area contributed by atoms with Crippen molar-refractivity contribution in [1.82, 2.24) is 15.1 Å². The number of halogens is 2. The zero-order valence-electron chi connectivity index (χ0n) is 13.0. The number of carbonyl (C=O) groups excluding carboxylic acids is 1. The number of carbonyl (C=O) groups is 1. The summed E-state index contributed by atoms with van der Waals surface area (Å²) in [4.78, 5) is 16.9. The molecule has 0 bridgehead atoms. The molecule has 126 valence electrons. The zero-order valence-corrected chi connectivity index (χ0v) is 14.7. The Morgan fingerprint density at radius 3 is 2.48 bits per heavy atom. The standard InChI is InChI=1S/C14H27N3O2.2ClH/c1-12-11-13(3-4-15-12)14(18)17-7-5-16(6-8-17)9-10-19-2;;/h12-13,15H,3-11H2,1-2H3;2*1H/t12-,13-;;/m0../s1. The summed E-state index contributed by atoms with van der Waals surface area (Å²) in [6.45, 7) is 8.61. The van der Waals surface area contributed by atoms with E-state index in [-0.39, 0.29) is 30.7 Å². The van der Waals surface area contributed by atoms with Gasteiger partial charge in [0.2, 0.25) is 5.91 Å². The lowest BCUT2D eigenvalue weighted by molar-refractivity contribution is -0.138. The Morgan fingerprint density at radius 1 is 1.24 bits per heavy atom. The number of hydrogen-bond acceptors (Lipinski definition) is 4. The van der Waals surface area contributed by atoms with E-state index < -0.39 is 0 Å². The molecule has 7 heteroatoms. The van der Waals surface area contributed by atoms with Gasteiger partial charge in [0.05, 0.1) is 6.61 Å². The van der Waals surface area contributed by atoms with Crippen LogP contribution in [0.3, 0.4) is 0 Å². The molecule has 0 saturated carbocycles. The maximum absolute atomic E-state index is 12.5. The molecule has 0 unspecified atom stereocenters. The first-order chi connectivity index (χ1) is 9.20. The van der Waals surface area contributed by atoms with E-state index in [1.165, 1.54) is 0 Å². The van der Waals surface area contributed by atoms with Crippen molar-refractivity contribution in [1.29, 1.82) is 0 Å². The first-order valence-electron chi connectivity index (χ1n) is 7.44. The molecule has 2 heterocycles. The van der Waals surface area contributed by atoms with E-state index in [4.69, 9.17) is 4.74 Å². The summed E-state index contributed by atoms with van der Waals surface area (Å²) < 4.78 is 5.10. The highest BCUT2D eigenvalue weighted by molar-refractivity contribution is 5.85. The lowest BCUT2D eigenvalue weighted by atomic mass is 9.92. The van der Waals surface area contributed by atoms with Gasteiger partial charge in [-0.25, -0.2) is 0 Å². The molecule has 2 fully saturated rings. The quantitative estimate of drug-likeness (QED) is 0.828. The molecular formula is C14H29Cl2N3O2. The van der Waals surface area contributed by atoms with Gasteiger partial charge in [-0.1, -0.05) is 0 Å². The lowest BCUT2D eigenvalue weighted by Gasteiger charge is -2.38. The number of nitrogens with one attached hydrogen (secondary N) is 1. The Bertz CT molecular complexity index is 300. The normalized spacial score (nSPS) is 26.7. The highest BCUT2D eigenvalue weighted by Gasteiger charge is 2.30. The van der Waals surface area contributed by atoms with Crippen LogP contribution in [0, 0.1) is 5.92 Å². The third kappa shape index (κ3) is 6.28. The fourth-order valence-electron chi connectivity index (χ4n) is 3.03. The Balaban J connectivity index is 0.00000200. The molecule has 0 aromatic carbocycles. The van der Waals surface area contributed by atoms with E-state index >= 15 is 0 Å². The Hall–Kier alpha value is -0.0700. The average molecular weight is 342 g/mol. The van der Waals surface area contributed by atoms with Crippen LogP contribution in [0.15, 0.2) is 0 Å². The van der Waals surface area contributed by atoms with Crippen LogP contribution in [0.4, 0.5) is 0 Å². The molecule has 1 amide bonds. The molecule has 2 rings (SSSR count). The Morgan fingerprint density at radius 2 is 1.90 bits per heavy atom. The van der Waals surface area contributed by atoms with E-state index in [0.717, 1.165) is 58.7 Å². The topological polar surface area (TPSA) is 44.8 Å². The Labute approximate surface area is 140 Å². The van der Waals surface area contributed by atoms with Crippen molar-refractivity contribution in [2.24, 2.45) is 5.92 Å². The van der Waals surface area contributed by atoms with Crippen LogP contribution in [-0.4, -0.2) is 74.7 Å². The second kappa shape index (κ2) is 10.6. The molecule has 2 saturated heterocycles. The van der Waals surface area contributed by atoms with Crippen LogP contribution in [0.25, 0.3) is 0 Å². The summed E-state index contributed by atoms with van der Waals surface area (Å²) >= 11 is 0. The summed E-state index contributed by atoms with van der Waals surface area (Å²) in [5.41, 5.74) is 0. The molecule has 2 aliphatic heterocycles. The molecule has 0 aromatic heterocycles. The zero-order chi connectivity index (χ0) is 13.7. The fraction of sp³-hybridized carbons (Fsp3) is 0.929. The number of piperidine rings is 1. The van der Waals surface area contributed by atoms with Crippen molar-refractivity contribution in [2.75, 3.05) is 53.0 Å². The summed E-state index contributed by atoms with van der Waals surface area (Å²) in [5, 5.41) is 3.41. The lowest BCUT2D eigenvalue weighted by Crippen LogP contribution is -2.52. The van der Waals surface area contributed by atoms with Crippen LogP contribution in [0.5, 0.6) is 0 Å². The first kappa shape index (κ1) is 20.9. The van der Waals surface area contributed by atoms with Crippen molar-refractivity contribution in [3.05, 3.63) is 0 Å². The first-order valence-corrected chi connectivity index (χ1v) is 7.44. The third-order valence-corrected chi connectivity index (χ3v) is 4.27. The van der Waals surface area contributed by atoms with Crippen LogP contribution in [0.2, 0.25) is 0 Å². The molecule has 0 radical (unpaired) electrons. The summed E-state index contributed by atoms with van der Waals surface area (Å²) in [6, 6.07) is 0.477. The fourth-order valence-corrected chi connectivity index (χ4v) is 3.03. The van der Waals surface area contributed by atoms with Gasteiger partial charge in [0.15, 0.2) is 0 Å². The molecule has 2 aliphatic rings. The monoisotopic (exact) mass is 341 g/mol. The van der Waals surface area contributed by atoms with Crippen LogP contribution >= 0.6 is 24.8 Å². The van der Waals surface area contributed by atoms with Crippen LogP contribution in [-0.2, 0) is 9.53 Å². The van der Waals surface area contributed by atoms with Crippen molar-refractivity contribution < 1.29 is 9.53 Å². The molecule has 0 spiro atoms. The van der Waals surface area contributed by atoms with Crippen LogP contribution in [0.1, 0.15) is 19.8 Å². The minimum atomic E-state index is 0. The number of ether oxygens (including phenoxy) is 1. The van der Waals surface area contributed by atoms with Gasteiger partial charge in [-0.2, -0.15) is 0 Å². The van der Waals surface area contributed by atoms with Gasteiger partial charge < -0.3 is 15.0 Å². The SMILES string of the molecule is COCCN1CCN(C(=O)[C@H]2CCN[C@@H](C)C2)CC1.Cl.Cl. The number of hydrogen-bond donors (Lipinski definition) is 1. The molecule has 0 aliphatic carbocycles. The molecule has 21 heavy (non-hydrogen) atoms. The summed E-state index contributed by atoms with van der Waals surface area (Å²) in [7, 11) is 1.73. The highest BCUT2D eigenvalue weighted by Crippen LogP contribution is 2.19. The van der Waals surface area contributed by atoms with Crippen LogP contribution < -0.4 is 5.32 Å².